The summed E-state index contributed by atoms with van der Waals surface area (Å²) >= 11 is 0. The van der Waals surface area contributed by atoms with Crippen molar-refractivity contribution in [3.63, 3.8) is 0 Å². The van der Waals surface area contributed by atoms with Crippen molar-refractivity contribution in [2.45, 2.75) is 13.1 Å². The highest BCUT2D eigenvalue weighted by atomic mass is 19.4. The smallest absolute Gasteiger partial charge is 0.356 e. The molecule has 0 N–H and O–H groups in total. The monoisotopic (exact) mass is 285 g/mol. The average Bonchev–Trinajstić information content (AvgIpc) is 2.85. The van der Waals surface area contributed by atoms with Crippen molar-refractivity contribution >= 4 is 5.82 Å². The van der Waals surface area contributed by atoms with Gasteiger partial charge in [-0.15, -0.1) is 0 Å². The van der Waals surface area contributed by atoms with Crippen LogP contribution in [0.4, 0.5) is 19.0 Å². The largest absolute Gasteiger partial charge is 0.401 e. The van der Waals surface area contributed by atoms with E-state index in [2.05, 4.69) is 9.88 Å². The van der Waals surface area contributed by atoms with Crippen LogP contribution in [0.1, 0.15) is 5.56 Å². The Balaban J connectivity index is 1.59. The second kappa shape index (κ2) is 4.91. The molecule has 1 aromatic rings. The highest BCUT2D eigenvalue weighted by Gasteiger charge is 2.43. The van der Waals surface area contributed by atoms with E-state index in [0.717, 1.165) is 24.5 Å². The van der Waals surface area contributed by atoms with Crippen LogP contribution in [0, 0.1) is 18.8 Å². The van der Waals surface area contributed by atoms with E-state index in [4.69, 9.17) is 0 Å². The molecule has 2 fully saturated rings. The maximum Gasteiger partial charge on any atom is 0.401 e. The molecule has 0 bridgehead atoms. The number of hydrogen-bond acceptors (Lipinski definition) is 3. The zero-order valence-electron chi connectivity index (χ0n) is 11.4. The Morgan fingerprint density at radius 2 is 1.80 bits per heavy atom. The fraction of sp³-hybridized carbons (Fsp3) is 0.643. The Hall–Kier alpha value is -1.30. The lowest BCUT2D eigenvalue weighted by Crippen LogP contribution is -2.35. The predicted molar refractivity (Wildman–Crippen MR) is 70.7 cm³/mol. The summed E-state index contributed by atoms with van der Waals surface area (Å²) in [5.41, 5.74) is 1.12. The van der Waals surface area contributed by atoms with E-state index in [1.807, 2.05) is 25.3 Å². The highest BCUT2D eigenvalue weighted by Crippen LogP contribution is 2.34. The highest BCUT2D eigenvalue weighted by molar-refractivity contribution is 5.41. The van der Waals surface area contributed by atoms with Crippen LogP contribution >= 0.6 is 0 Å². The maximum atomic E-state index is 12.4. The Kier molecular flexibility index (Phi) is 3.36. The minimum atomic E-state index is -4.09. The molecule has 1 aromatic heterocycles. The van der Waals surface area contributed by atoms with Crippen molar-refractivity contribution in [2.75, 3.05) is 37.6 Å². The van der Waals surface area contributed by atoms with Crippen molar-refractivity contribution in [3.05, 3.63) is 23.9 Å². The molecule has 0 saturated carbocycles. The summed E-state index contributed by atoms with van der Waals surface area (Å²) in [7, 11) is 0. The van der Waals surface area contributed by atoms with Crippen LogP contribution in [0.2, 0.25) is 0 Å². The van der Waals surface area contributed by atoms with Gasteiger partial charge < -0.3 is 4.90 Å². The van der Waals surface area contributed by atoms with E-state index >= 15 is 0 Å². The van der Waals surface area contributed by atoms with E-state index in [1.165, 1.54) is 4.90 Å². The van der Waals surface area contributed by atoms with Crippen LogP contribution < -0.4 is 4.90 Å². The molecule has 2 saturated heterocycles. The van der Waals surface area contributed by atoms with Gasteiger partial charge in [0.25, 0.3) is 0 Å². The van der Waals surface area contributed by atoms with Crippen LogP contribution in [-0.2, 0) is 0 Å². The van der Waals surface area contributed by atoms with E-state index in [9.17, 15) is 13.2 Å². The summed E-state index contributed by atoms with van der Waals surface area (Å²) in [5, 5.41) is 0. The third-order valence-electron chi connectivity index (χ3n) is 4.18. The average molecular weight is 285 g/mol. The predicted octanol–water partition coefficient (Wildman–Crippen LogP) is 2.32. The molecule has 3 heterocycles. The van der Waals surface area contributed by atoms with Gasteiger partial charge in [0, 0.05) is 32.4 Å². The minimum Gasteiger partial charge on any atom is -0.356 e. The Morgan fingerprint density at radius 1 is 1.15 bits per heavy atom. The zero-order chi connectivity index (χ0) is 14.3. The van der Waals surface area contributed by atoms with Gasteiger partial charge in [-0.3, -0.25) is 4.90 Å². The van der Waals surface area contributed by atoms with Crippen LogP contribution in [-0.4, -0.2) is 48.8 Å². The molecule has 0 aromatic carbocycles. The van der Waals surface area contributed by atoms with E-state index in [0.29, 0.717) is 24.9 Å². The van der Waals surface area contributed by atoms with Crippen molar-refractivity contribution in [3.8, 4) is 0 Å². The van der Waals surface area contributed by atoms with Crippen LogP contribution in [0.3, 0.4) is 0 Å². The van der Waals surface area contributed by atoms with Crippen molar-refractivity contribution in [1.29, 1.82) is 0 Å². The normalized spacial score (nSPS) is 27.1. The standard InChI is InChI=1S/C14H18F3N3/c1-10-2-3-13(18-4-10)20-7-11-5-19(6-12(11)8-20)9-14(15,16)17/h2-4,11-12H,5-9H2,1H3. The van der Waals surface area contributed by atoms with Crippen LogP contribution in [0.15, 0.2) is 18.3 Å². The summed E-state index contributed by atoms with van der Waals surface area (Å²) in [5.74, 6) is 1.60. The molecule has 0 amide bonds. The fourth-order valence-electron chi connectivity index (χ4n) is 3.31. The lowest BCUT2D eigenvalue weighted by Gasteiger charge is -2.23. The molecule has 2 unspecified atom stereocenters. The first-order chi connectivity index (χ1) is 9.40. The molecule has 2 aliphatic rings. The molecule has 0 spiro atoms. The van der Waals surface area contributed by atoms with Gasteiger partial charge in [-0.2, -0.15) is 13.2 Å². The van der Waals surface area contributed by atoms with Gasteiger partial charge in [0.15, 0.2) is 0 Å². The SMILES string of the molecule is Cc1ccc(N2CC3CN(CC(F)(F)F)CC3C2)nc1. The first-order valence-corrected chi connectivity index (χ1v) is 6.87. The number of aryl methyl sites for hydroxylation is 1. The number of hydrogen-bond donors (Lipinski definition) is 0. The van der Waals surface area contributed by atoms with Gasteiger partial charge in [-0.1, -0.05) is 6.07 Å². The number of alkyl halides is 3. The first kappa shape index (κ1) is 13.7. The molecule has 3 rings (SSSR count). The molecule has 2 aliphatic heterocycles. The van der Waals surface area contributed by atoms with Gasteiger partial charge >= 0.3 is 6.18 Å². The number of rotatable bonds is 2. The first-order valence-electron chi connectivity index (χ1n) is 6.87. The summed E-state index contributed by atoms with van der Waals surface area (Å²) in [6.45, 7) is 3.94. The molecule has 0 radical (unpaired) electrons. The van der Waals surface area contributed by atoms with E-state index in [-0.39, 0.29) is 0 Å². The molecule has 0 aliphatic carbocycles. The second-order valence-corrected chi connectivity index (χ2v) is 5.93. The molecule has 20 heavy (non-hydrogen) atoms. The Bertz CT molecular complexity index is 458. The topological polar surface area (TPSA) is 19.4 Å². The van der Waals surface area contributed by atoms with Crippen molar-refractivity contribution in [2.24, 2.45) is 11.8 Å². The second-order valence-electron chi connectivity index (χ2n) is 5.93. The lowest BCUT2D eigenvalue weighted by atomic mass is 10.0. The summed E-state index contributed by atoms with van der Waals surface area (Å²) in [6.07, 6.45) is -2.25. The van der Waals surface area contributed by atoms with Gasteiger partial charge in [-0.05, 0) is 30.4 Å². The van der Waals surface area contributed by atoms with Gasteiger partial charge in [-0.25, -0.2) is 4.98 Å². The number of fused-ring (bicyclic) bond motifs is 1. The van der Waals surface area contributed by atoms with Crippen molar-refractivity contribution < 1.29 is 13.2 Å². The summed E-state index contributed by atoms with van der Waals surface area (Å²) < 4.78 is 37.2. The quantitative estimate of drug-likeness (QED) is 0.831. The number of pyridine rings is 1. The summed E-state index contributed by atoms with van der Waals surface area (Å²) in [4.78, 5) is 8.13. The number of aromatic nitrogens is 1. The summed E-state index contributed by atoms with van der Waals surface area (Å²) in [6, 6.07) is 4.01. The molecular weight excluding hydrogens is 267 g/mol. The zero-order valence-corrected chi connectivity index (χ0v) is 11.4. The van der Waals surface area contributed by atoms with Gasteiger partial charge in [0.05, 0.1) is 6.54 Å². The molecule has 6 heteroatoms. The van der Waals surface area contributed by atoms with Gasteiger partial charge in [0.2, 0.25) is 0 Å². The number of likely N-dealkylation sites (tertiary alicyclic amines) is 1. The lowest BCUT2D eigenvalue weighted by molar-refractivity contribution is -0.144. The fourth-order valence-corrected chi connectivity index (χ4v) is 3.31. The number of halogens is 3. The molecule has 110 valence electrons. The number of nitrogens with zero attached hydrogens (tertiary/aromatic N) is 3. The Morgan fingerprint density at radius 3 is 2.30 bits per heavy atom. The van der Waals surface area contributed by atoms with Crippen molar-refractivity contribution in [1.82, 2.24) is 9.88 Å². The third kappa shape index (κ3) is 2.90. The van der Waals surface area contributed by atoms with Crippen LogP contribution in [0.25, 0.3) is 0 Å². The maximum absolute atomic E-state index is 12.4. The molecular formula is C14H18F3N3. The van der Waals surface area contributed by atoms with Gasteiger partial charge in [0.1, 0.15) is 5.82 Å². The molecule has 3 nitrogen and oxygen atoms in total. The number of anilines is 1. The van der Waals surface area contributed by atoms with E-state index < -0.39 is 12.7 Å². The third-order valence-corrected chi connectivity index (χ3v) is 4.18. The minimum absolute atomic E-state index is 0.334. The van der Waals surface area contributed by atoms with Crippen LogP contribution in [0.5, 0.6) is 0 Å². The Labute approximate surface area is 116 Å². The van der Waals surface area contributed by atoms with E-state index in [1.54, 1.807) is 0 Å². The molecule has 2 atom stereocenters.